The van der Waals surface area contributed by atoms with E-state index in [1.54, 1.807) is 31.4 Å². The molecule has 0 aliphatic rings. The van der Waals surface area contributed by atoms with Gasteiger partial charge in [0.05, 0.1) is 6.61 Å². The van der Waals surface area contributed by atoms with Crippen molar-refractivity contribution in [2.24, 2.45) is 0 Å². The summed E-state index contributed by atoms with van der Waals surface area (Å²) in [5.41, 5.74) is 2.01. The minimum Gasteiger partial charge on any atom is -0.491 e. The molecule has 0 saturated heterocycles. The molecule has 0 bridgehead atoms. The number of rotatable bonds is 10. The Kier molecular flexibility index (Phi) is 7.74. The van der Waals surface area contributed by atoms with Crippen LogP contribution < -0.4 is 20.7 Å². The Morgan fingerprint density at radius 2 is 1.68 bits per heavy atom. The maximum atomic E-state index is 11.5. The predicted octanol–water partition coefficient (Wildman–Crippen LogP) is 4.16. The van der Waals surface area contributed by atoms with E-state index in [1.165, 1.54) is 6.08 Å². The second-order valence-electron chi connectivity index (χ2n) is 6.14. The van der Waals surface area contributed by atoms with Gasteiger partial charge in [0.15, 0.2) is 0 Å². The molecule has 0 aliphatic heterocycles. The van der Waals surface area contributed by atoms with E-state index in [2.05, 4.69) is 37.5 Å². The molecule has 1 aromatic heterocycles. The molecular formula is C21H21ClN6O3. The maximum absolute atomic E-state index is 11.5. The lowest BCUT2D eigenvalue weighted by Crippen LogP contribution is -2.08. The molecule has 0 unspecified atom stereocenters. The SMILES string of the molecule is C=CC(=O)Nc1cccc(Nc2nc(Cl)nc(Nc3ccc(OCCOC)cc3)n2)c1. The summed E-state index contributed by atoms with van der Waals surface area (Å²) in [5, 5.41) is 8.83. The molecule has 3 aromatic rings. The summed E-state index contributed by atoms with van der Waals surface area (Å²) in [7, 11) is 1.62. The first kappa shape index (κ1) is 22.0. The smallest absolute Gasteiger partial charge is 0.247 e. The number of ether oxygens (including phenoxy) is 2. The summed E-state index contributed by atoms with van der Waals surface area (Å²) in [4.78, 5) is 24.0. The van der Waals surface area contributed by atoms with E-state index < -0.39 is 0 Å². The number of amides is 1. The average molecular weight is 441 g/mol. The van der Waals surface area contributed by atoms with Gasteiger partial charge >= 0.3 is 0 Å². The highest BCUT2D eigenvalue weighted by Gasteiger charge is 2.07. The van der Waals surface area contributed by atoms with Gasteiger partial charge in [0.25, 0.3) is 0 Å². The van der Waals surface area contributed by atoms with Gasteiger partial charge in [-0.25, -0.2) is 0 Å². The maximum Gasteiger partial charge on any atom is 0.247 e. The van der Waals surface area contributed by atoms with Crippen molar-refractivity contribution in [1.29, 1.82) is 0 Å². The van der Waals surface area contributed by atoms with E-state index in [-0.39, 0.29) is 23.1 Å². The largest absolute Gasteiger partial charge is 0.491 e. The number of nitrogens with zero attached hydrogens (tertiary/aromatic N) is 3. The van der Waals surface area contributed by atoms with Crippen molar-refractivity contribution < 1.29 is 14.3 Å². The highest BCUT2D eigenvalue weighted by molar-refractivity contribution is 6.28. The quantitative estimate of drug-likeness (QED) is 0.318. The Labute approximate surface area is 184 Å². The Balaban J connectivity index is 1.68. The summed E-state index contributed by atoms with van der Waals surface area (Å²) in [6, 6.07) is 14.4. The topological polar surface area (TPSA) is 110 Å². The molecule has 3 N–H and O–H groups in total. The Morgan fingerprint density at radius 1 is 1.00 bits per heavy atom. The van der Waals surface area contributed by atoms with Crippen molar-refractivity contribution in [3.8, 4) is 5.75 Å². The number of aromatic nitrogens is 3. The van der Waals surface area contributed by atoms with Crippen molar-refractivity contribution in [3.63, 3.8) is 0 Å². The van der Waals surface area contributed by atoms with Crippen molar-refractivity contribution in [3.05, 3.63) is 66.5 Å². The van der Waals surface area contributed by atoms with Crippen molar-refractivity contribution >= 4 is 46.5 Å². The Hall–Kier alpha value is -3.69. The molecular weight excluding hydrogens is 420 g/mol. The third-order valence-electron chi connectivity index (χ3n) is 3.85. The number of halogens is 1. The number of carbonyl (C=O) groups excluding carboxylic acids is 1. The van der Waals surface area contributed by atoms with Crippen molar-refractivity contribution in [1.82, 2.24) is 15.0 Å². The predicted molar refractivity (Wildman–Crippen MR) is 120 cm³/mol. The summed E-state index contributed by atoms with van der Waals surface area (Å²) in [6.45, 7) is 4.42. The van der Waals surface area contributed by atoms with Gasteiger partial charge in [-0.05, 0) is 60.1 Å². The number of hydrogen-bond acceptors (Lipinski definition) is 8. The molecule has 2 aromatic carbocycles. The van der Waals surface area contributed by atoms with Gasteiger partial charge in [-0.2, -0.15) is 15.0 Å². The van der Waals surface area contributed by atoms with E-state index in [4.69, 9.17) is 21.1 Å². The number of benzene rings is 2. The number of methoxy groups -OCH3 is 1. The molecule has 0 radical (unpaired) electrons. The molecule has 0 spiro atoms. The van der Waals surface area contributed by atoms with Gasteiger partial charge in [-0.1, -0.05) is 12.6 Å². The molecule has 3 rings (SSSR count). The molecule has 0 saturated carbocycles. The van der Waals surface area contributed by atoms with E-state index >= 15 is 0 Å². The summed E-state index contributed by atoms with van der Waals surface area (Å²) in [5.74, 6) is 0.935. The highest BCUT2D eigenvalue weighted by Crippen LogP contribution is 2.22. The summed E-state index contributed by atoms with van der Waals surface area (Å²) in [6.07, 6.45) is 1.20. The standard InChI is InChI=1S/C21H21ClN6O3/c1-3-18(29)23-15-5-4-6-16(13-15)25-21-27-19(22)26-20(28-21)24-14-7-9-17(10-8-14)31-12-11-30-2/h3-10,13H,1,11-12H2,2H3,(H,23,29)(H2,24,25,26,27,28). The van der Waals surface area contributed by atoms with Crippen LogP contribution in [-0.2, 0) is 9.53 Å². The monoisotopic (exact) mass is 440 g/mol. The van der Waals surface area contributed by atoms with Crippen LogP contribution in [-0.4, -0.2) is 41.2 Å². The molecule has 160 valence electrons. The first-order valence-corrected chi connectivity index (χ1v) is 9.64. The molecule has 0 fully saturated rings. The zero-order valence-electron chi connectivity index (χ0n) is 16.8. The number of carbonyl (C=O) groups is 1. The van der Waals surface area contributed by atoms with E-state index in [0.29, 0.717) is 24.6 Å². The van der Waals surface area contributed by atoms with Crippen LogP contribution in [0.3, 0.4) is 0 Å². The van der Waals surface area contributed by atoms with Crippen LogP contribution in [0.4, 0.5) is 29.0 Å². The number of anilines is 5. The van der Waals surface area contributed by atoms with Crippen LogP contribution in [0, 0.1) is 0 Å². The molecule has 0 atom stereocenters. The lowest BCUT2D eigenvalue weighted by Gasteiger charge is -2.10. The van der Waals surface area contributed by atoms with Gasteiger partial charge in [0.2, 0.25) is 23.1 Å². The molecule has 1 amide bonds. The fourth-order valence-electron chi connectivity index (χ4n) is 2.47. The van der Waals surface area contributed by atoms with Crippen LogP contribution in [0.1, 0.15) is 0 Å². The van der Waals surface area contributed by atoms with Crippen LogP contribution in [0.25, 0.3) is 0 Å². The van der Waals surface area contributed by atoms with E-state index in [9.17, 15) is 4.79 Å². The van der Waals surface area contributed by atoms with Crippen LogP contribution in [0.5, 0.6) is 5.75 Å². The number of nitrogens with one attached hydrogen (secondary N) is 3. The first-order chi connectivity index (χ1) is 15.1. The van der Waals surface area contributed by atoms with Gasteiger partial charge in [-0.3, -0.25) is 4.79 Å². The summed E-state index contributed by atoms with van der Waals surface area (Å²) < 4.78 is 10.5. The van der Waals surface area contributed by atoms with Gasteiger partial charge in [0.1, 0.15) is 12.4 Å². The van der Waals surface area contributed by atoms with E-state index in [0.717, 1.165) is 11.4 Å². The number of hydrogen-bond donors (Lipinski definition) is 3. The molecule has 9 nitrogen and oxygen atoms in total. The van der Waals surface area contributed by atoms with E-state index in [1.807, 2.05) is 24.3 Å². The fraction of sp³-hybridized carbons (Fsp3) is 0.143. The molecule has 1 heterocycles. The van der Waals surface area contributed by atoms with Crippen LogP contribution >= 0.6 is 11.6 Å². The zero-order chi connectivity index (χ0) is 22.1. The van der Waals surface area contributed by atoms with Crippen molar-refractivity contribution in [2.45, 2.75) is 0 Å². The Bertz CT molecular complexity index is 1050. The highest BCUT2D eigenvalue weighted by atomic mass is 35.5. The lowest BCUT2D eigenvalue weighted by atomic mass is 10.2. The normalized spacial score (nSPS) is 10.3. The Morgan fingerprint density at radius 3 is 2.35 bits per heavy atom. The second kappa shape index (κ2) is 10.9. The van der Waals surface area contributed by atoms with Gasteiger partial charge < -0.3 is 25.4 Å². The van der Waals surface area contributed by atoms with Gasteiger partial charge in [-0.15, -0.1) is 0 Å². The third kappa shape index (κ3) is 6.95. The lowest BCUT2D eigenvalue weighted by molar-refractivity contribution is -0.111. The molecule has 0 aliphatic carbocycles. The van der Waals surface area contributed by atoms with Crippen LogP contribution in [0.15, 0.2) is 61.2 Å². The third-order valence-corrected chi connectivity index (χ3v) is 4.02. The molecule has 31 heavy (non-hydrogen) atoms. The first-order valence-electron chi connectivity index (χ1n) is 9.26. The second-order valence-corrected chi connectivity index (χ2v) is 6.48. The summed E-state index contributed by atoms with van der Waals surface area (Å²) >= 11 is 6.06. The average Bonchev–Trinajstić information content (AvgIpc) is 2.75. The minimum absolute atomic E-state index is 0.0237. The molecule has 10 heteroatoms. The fourth-order valence-corrected chi connectivity index (χ4v) is 2.63. The van der Waals surface area contributed by atoms with Crippen molar-refractivity contribution in [2.75, 3.05) is 36.3 Å². The zero-order valence-corrected chi connectivity index (χ0v) is 17.5. The van der Waals surface area contributed by atoms with Gasteiger partial charge in [0, 0.05) is 24.2 Å². The van der Waals surface area contributed by atoms with Crippen LogP contribution in [0.2, 0.25) is 5.28 Å². The minimum atomic E-state index is -0.304.